The lowest BCUT2D eigenvalue weighted by Gasteiger charge is -2.26. The van der Waals surface area contributed by atoms with Crippen molar-refractivity contribution in [3.05, 3.63) is 88.6 Å². The molecular weight excluding hydrogens is 361 g/mol. The third-order valence-corrected chi connectivity index (χ3v) is 4.70. The maximum Gasteiger partial charge on any atom is 0.412 e. The maximum atomic E-state index is 14.0. The molecule has 6 heteroatoms. The summed E-state index contributed by atoms with van der Waals surface area (Å²) in [4.78, 5) is 0. The molecule has 0 spiro atoms. The van der Waals surface area contributed by atoms with Crippen LogP contribution in [0.15, 0.2) is 60.3 Å². The monoisotopic (exact) mass is 379 g/mol. The number of alkyl halides is 3. The Hall–Kier alpha value is -2.63. The first-order valence-electron chi connectivity index (χ1n) is 8.39. The van der Waals surface area contributed by atoms with Gasteiger partial charge in [0.1, 0.15) is 17.7 Å². The van der Waals surface area contributed by atoms with Crippen molar-refractivity contribution in [2.24, 2.45) is 0 Å². The van der Waals surface area contributed by atoms with Crippen LogP contribution in [0, 0.1) is 11.6 Å². The number of hydrogen-bond donors (Lipinski definition) is 1. The highest BCUT2D eigenvalue weighted by molar-refractivity contribution is 5.76. The van der Waals surface area contributed by atoms with Gasteiger partial charge in [-0.2, -0.15) is 13.2 Å². The van der Waals surface area contributed by atoms with Gasteiger partial charge in [-0.25, -0.2) is 8.78 Å². The lowest BCUT2D eigenvalue weighted by atomic mass is 10.00. The van der Waals surface area contributed by atoms with Gasteiger partial charge in [0.25, 0.3) is 0 Å². The summed E-state index contributed by atoms with van der Waals surface area (Å²) in [5, 5.41) is 2.45. The van der Waals surface area contributed by atoms with Crippen LogP contribution in [0.4, 0.5) is 22.0 Å². The number of allylic oxidation sites excluding steroid dienone is 2. The molecule has 1 unspecified atom stereocenters. The molecule has 2 aromatic rings. The molecule has 3 rings (SSSR count). The van der Waals surface area contributed by atoms with Crippen molar-refractivity contribution in [2.75, 3.05) is 0 Å². The molecule has 1 atom stereocenters. The van der Waals surface area contributed by atoms with Gasteiger partial charge in [-0.3, -0.25) is 0 Å². The number of nitrogens with one attached hydrogen (secondary N) is 1. The zero-order valence-corrected chi connectivity index (χ0v) is 14.6. The topological polar surface area (TPSA) is 12.0 Å². The number of fused-ring (bicyclic) bond motifs is 1. The minimum Gasteiger partial charge on any atom is -0.374 e. The summed E-state index contributed by atoms with van der Waals surface area (Å²) in [5.74, 6) is -1.64. The van der Waals surface area contributed by atoms with Crippen LogP contribution in [0.1, 0.15) is 23.6 Å². The molecule has 1 aliphatic rings. The standard InChI is InChI=1S/C21H18F5N/c1-12(8-14-6-4-3-5-7-14)27-20(21(24,25)26)17-11-18-16(13(17)2)9-15(22)10-19(18)23/h3-7,9-10,20,27H,1,8,11H2,2H3. The summed E-state index contributed by atoms with van der Waals surface area (Å²) >= 11 is 0. The predicted molar refractivity (Wildman–Crippen MR) is 94.9 cm³/mol. The first-order valence-corrected chi connectivity index (χ1v) is 8.39. The van der Waals surface area contributed by atoms with Crippen LogP contribution in [-0.2, 0) is 12.8 Å². The molecule has 1 nitrogen and oxygen atoms in total. The average Bonchev–Trinajstić information content (AvgIpc) is 2.90. The van der Waals surface area contributed by atoms with Crippen molar-refractivity contribution in [3.63, 3.8) is 0 Å². The zero-order valence-electron chi connectivity index (χ0n) is 14.6. The third kappa shape index (κ3) is 4.04. The molecule has 0 aromatic heterocycles. The molecular formula is C21H18F5N. The molecule has 1 aliphatic carbocycles. The predicted octanol–water partition coefficient (Wildman–Crippen LogP) is 5.57. The molecule has 1 N–H and O–H groups in total. The van der Waals surface area contributed by atoms with Gasteiger partial charge >= 0.3 is 6.18 Å². The van der Waals surface area contributed by atoms with Crippen molar-refractivity contribution in [2.45, 2.75) is 32.0 Å². The van der Waals surface area contributed by atoms with E-state index < -0.39 is 23.9 Å². The van der Waals surface area contributed by atoms with E-state index in [1.165, 1.54) is 6.92 Å². The van der Waals surface area contributed by atoms with Crippen molar-refractivity contribution in [1.29, 1.82) is 0 Å². The Balaban J connectivity index is 1.88. The second kappa shape index (κ2) is 7.18. The number of hydrogen-bond acceptors (Lipinski definition) is 1. The third-order valence-electron chi connectivity index (χ3n) is 4.70. The van der Waals surface area contributed by atoms with Crippen molar-refractivity contribution < 1.29 is 22.0 Å². The molecule has 0 radical (unpaired) electrons. The first kappa shape index (κ1) is 19.1. The van der Waals surface area contributed by atoms with E-state index >= 15 is 0 Å². The number of benzene rings is 2. The van der Waals surface area contributed by atoms with Crippen LogP contribution in [0.25, 0.3) is 5.57 Å². The summed E-state index contributed by atoms with van der Waals surface area (Å²) in [7, 11) is 0. The van der Waals surface area contributed by atoms with E-state index in [2.05, 4.69) is 11.9 Å². The van der Waals surface area contributed by atoms with Crippen LogP contribution < -0.4 is 5.32 Å². The highest BCUT2D eigenvalue weighted by Gasteiger charge is 2.44. The second-order valence-corrected chi connectivity index (χ2v) is 6.63. The van der Waals surface area contributed by atoms with Gasteiger partial charge in [0.15, 0.2) is 0 Å². The Morgan fingerprint density at radius 3 is 2.44 bits per heavy atom. The van der Waals surface area contributed by atoms with Crippen LogP contribution in [0.5, 0.6) is 0 Å². The van der Waals surface area contributed by atoms with E-state index in [0.29, 0.717) is 6.07 Å². The molecule has 0 heterocycles. The number of halogens is 5. The minimum absolute atomic E-state index is 0.0174. The van der Waals surface area contributed by atoms with Crippen LogP contribution >= 0.6 is 0 Å². The Bertz CT molecular complexity index is 897. The van der Waals surface area contributed by atoms with Gasteiger partial charge < -0.3 is 5.32 Å². The van der Waals surface area contributed by atoms with Crippen molar-refractivity contribution >= 4 is 5.57 Å². The van der Waals surface area contributed by atoms with Gasteiger partial charge in [0.05, 0.1) is 0 Å². The van der Waals surface area contributed by atoms with Crippen molar-refractivity contribution in [1.82, 2.24) is 5.32 Å². The largest absolute Gasteiger partial charge is 0.412 e. The number of rotatable bonds is 5. The van der Waals surface area contributed by atoms with Gasteiger partial charge in [0.2, 0.25) is 0 Å². The van der Waals surface area contributed by atoms with Crippen molar-refractivity contribution in [3.8, 4) is 0 Å². The molecule has 0 bridgehead atoms. The molecule has 0 amide bonds. The second-order valence-electron chi connectivity index (χ2n) is 6.63. The summed E-state index contributed by atoms with van der Waals surface area (Å²) in [6.07, 6.45) is -4.59. The lowest BCUT2D eigenvalue weighted by molar-refractivity contribution is -0.145. The average molecular weight is 379 g/mol. The summed E-state index contributed by atoms with van der Waals surface area (Å²) < 4.78 is 68.7. The molecule has 2 aromatic carbocycles. The minimum atomic E-state index is -4.60. The van der Waals surface area contributed by atoms with E-state index in [9.17, 15) is 22.0 Å². The highest BCUT2D eigenvalue weighted by Crippen LogP contribution is 2.40. The molecule has 0 aliphatic heterocycles. The SMILES string of the molecule is C=C(Cc1ccccc1)NC(C1=C(C)c2cc(F)cc(F)c2C1)C(F)(F)F. The van der Waals surface area contributed by atoms with Gasteiger partial charge in [-0.15, -0.1) is 0 Å². The Morgan fingerprint density at radius 2 is 1.81 bits per heavy atom. The highest BCUT2D eigenvalue weighted by atomic mass is 19.4. The fourth-order valence-corrected chi connectivity index (χ4v) is 3.40. The summed E-state index contributed by atoms with van der Waals surface area (Å²) in [6.45, 7) is 5.17. The lowest BCUT2D eigenvalue weighted by Crippen LogP contribution is -2.43. The van der Waals surface area contributed by atoms with Gasteiger partial charge in [-0.1, -0.05) is 36.9 Å². The normalized spacial score (nSPS) is 14.9. The maximum absolute atomic E-state index is 14.0. The Kier molecular flexibility index (Phi) is 5.09. The quantitative estimate of drug-likeness (QED) is 0.670. The van der Waals surface area contributed by atoms with E-state index in [4.69, 9.17) is 0 Å². The molecule has 0 saturated carbocycles. The molecule has 142 valence electrons. The molecule has 0 fully saturated rings. The Morgan fingerprint density at radius 1 is 1.15 bits per heavy atom. The first-order chi connectivity index (χ1) is 12.7. The summed E-state index contributed by atoms with van der Waals surface area (Å²) in [5.41, 5.74) is 1.53. The van der Waals surface area contributed by atoms with Crippen LogP contribution in [0.2, 0.25) is 0 Å². The van der Waals surface area contributed by atoms with Crippen LogP contribution in [0.3, 0.4) is 0 Å². The van der Waals surface area contributed by atoms with E-state index in [1.807, 2.05) is 6.07 Å². The fraction of sp³-hybridized carbons (Fsp3) is 0.238. The molecule has 27 heavy (non-hydrogen) atoms. The summed E-state index contributed by atoms with van der Waals surface area (Å²) in [6, 6.07) is 8.75. The van der Waals surface area contributed by atoms with Gasteiger partial charge in [0, 0.05) is 18.2 Å². The van der Waals surface area contributed by atoms with Gasteiger partial charge in [-0.05, 0) is 47.2 Å². The Labute approximate surface area is 154 Å². The van der Waals surface area contributed by atoms with E-state index in [1.54, 1.807) is 24.3 Å². The van der Waals surface area contributed by atoms with E-state index in [0.717, 1.165) is 11.6 Å². The molecule has 0 saturated heterocycles. The zero-order chi connectivity index (χ0) is 19.8. The van der Waals surface area contributed by atoms with E-state index in [-0.39, 0.29) is 40.8 Å². The van der Waals surface area contributed by atoms with Crippen LogP contribution in [-0.4, -0.2) is 12.2 Å². The smallest absolute Gasteiger partial charge is 0.374 e. The fourth-order valence-electron chi connectivity index (χ4n) is 3.40.